The van der Waals surface area contributed by atoms with E-state index in [0.717, 1.165) is 22.9 Å². The fourth-order valence-corrected chi connectivity index (χ4v) is 2.59. The molecule has 1 unspecified atom stereocenters. The summed E-state index contributed by atoms with van der Waals surface area (Å²) in [4.78, 5) is 0. The van der Waals surface area contributed by atoms with Gasteiger partial charge in [0.2, 0.25) is 0 Å². The maximum absolute atomic E-state index is 13.0. The largest absolute Gasteiger partial charge is 0.455 e. The number of hydrogen-bond acceptors (Lipinski definition) is 2. The van der Waals surface area contributed by atoms with Gasteiger partial charge in [0, 0.05) is 6.04 Å². The van der Waals surface area contributed by atoms with Crippen LogP contribution in [0.4, 0.5) is 4.39 Å². The van der Waals surface area contributed by atoms with Gasteiger partial charge in [-0.1, -0.05) is 24.6 Å². The molecule has 5 heteroatoms. The fourth-order valence-electron chi connectivity index (χ4n) is 1.88. The van der Waals surface area contributed by atoms with Gasteiger partial charge in [0.05, 0.1) is 9.50 Å². The van der Waals surface area contributed by atoms with Gasteiger partial charge >= 0.3 is 0 Å². The molecule has 0 aliphatic heterocycles. The van der Waals surface area contributed by atoms with Crippen molar-refractivity contribution in [2.45, 2.75) is 25.8 Å². The van der Waals surface area contributed by atoms with Crippen LogP contribution in [0.15, 0.2) is 40.9 Å². The summed E-state index contributed by atoms with van der Waals surface area (Å²) in [5, 5.41) is 0.235. The summed E-state index contributed by atoms with van der Waals surface area (Å²) in [7, 11) is 0. The Kier molecular flexibility index (Phi) is 5.62. The first-order valence-electron chi connectivity index (χ1n) is 6.66. The second-order valence-corrected chi connectivity index (χ2v) is 6.08. The molecule has 0 saturated carbocycles. The highest BCUT2D eigenvalue weighted by Crippen LogP contribution is 2.34. The molecule has 0 fully saturated rings. The molecule has 0 bridgehead atoms. The van der Waals surface area contributed by atoms with Crippen LogP contribution in [0.5, 0.6) is 11.5 Å². The van der Waals surface area contributed by atoms with Gasteiger partial charge in [0.1, 0.15) is 17.3 Å². The molecule has 2 aromatic carbocycles. The minimum Gasteiger partial charge on any atom is -0.455 e. The SMILES string of the molecule is CCC(N)Cc1ccc(Oc2ccc(F)cc2Cl)c(Br)c1. The normalized spacial score (nSPS) is 12.2. The zero-order valence-electron chi connectivity index (χ0n) is 11.6. The van der Waals surface area contributed by atoms with Crippen LogP contribution in [0.1, 0.15) is 18.9 Å². The van der Waals surface area contributed by atoms with Gasteiger partial charge in [-0.25, -0.2) is 4.39 Å². The van der Waals surface area contributed by atoms with E-state index >= 15 is 0 Å². The number of benzene rings is 2. The maximum atomic E-state index is 13.0. The molecule has 2 nitrogen and oxygen atoms in total. The second-order valence-electron chi connectivity index (χ2n) is 4.81. The highest BCUT2D eigenvalue weighted by Gasteiger charge is 2.09. The molecule has 0 heterocycles. The van der Waals surface area contributed by atoms with Crippen molar-refractivity contribution in [1.82, 2.24) is 0 Å². The third kappa shape index (κ3) is 4.43. The monoisotopic (exact) mass is 371 g/mol. The molecule has 0 aliphatic rings. The highest BCUT2D eigenvalue weighted by atomic mass is 79.9. The second kappa shape index (κ2) is 7.25. The Morgan fingerprint density at radius 1 is 1.24 bits per heavy atom. The molecular formula is C16H16BrClFNO. The zero-order chi connectivity index (χ0) is 15.4. The molecule has 21 heavy (non-hydrogen) atoms. The third-order valence-corrected chi connectivity index (χ3v) is 4.05. The van der Waals surface area contributed by atoms with Gasteiger partial charge in [-0.3, -0.25) is 0 Å². The van der Waals surface area contributed by atoms with E-state index in [1.54, 1.807) is 0 Å². The van der Waals surface area contributed by atoms with Gasteiger partial charge in [0.15, 0.2) is 0 Å². The van der Waals surface area contributed by atoms with Crippen molar-refractivity contribution in [2.24, 2.45) is 5.73 Å². The van der Waals surface area contributed by atoms with E-state index in [4.69, 9.17) is 22.1 Å². The zero-order valence-corrected chi connectivity index (χ0v) is 13.9. The summed E-state index contributed by atoms with van der Waals surface area (Å²) in [6, 6.07) is 9.97. The van der Waals surface area contributed by atoms with E-state index in [-0.39, 0.29) is 11.1 Å². The molecule has 0 amide bonds. The fraction of sp³-hybridized carbons (Fsp3) is 0.250. The van der Waals surface area contributed by atoms with Crippen molar-refractivity contribution in [3.05, 3.63) is 57.3 Å². The molecule has 1 atom stereocenters. The van der Waals surface area contributed by atoms with E-state index in [2.05, 4.69) is 22.9 Å². The Hall–Kier alpha value is -1.10. The Labute approximate surface area is 137 Å². The van der Waals surface area contributed by atoms with Crippen LogP contribution in [0.3, 0.4) is 0 Å². The lowest BCUT2D eigenvalue weighted by atomic mass is 10.0. The first-order valence-corrected chi connectivity index (χ1v) is 7.83. The minimum absolute atomic E-state index is 0.148. The summed E-state index contributed by atoms with van der Waals surface area (Å²) in [5.74, 6) is 0.643. The van der Waals surface area contributed by atoms with Gasteiger partial charge in [0.25, 0.3) is 0 Å². The molecule has 2 rings (SSSR count). The number of hydrogen-bond donors (Lipinski definition) is 1. The summed E-state index contributed by atoms with van der Waals surface area (Å²) >= 11 is 9.43. The van der Waals surface area contributed by atoms with Gasteiger partial charge in [-0.2, -0.15) is 0 Å². The van der Waals surface area contributed by atoms with Crippen molar-refractivity contribution < 1.29 is 9.13 Å². The van der Waals surface area contributed by atoms with Gasteiger partial charge < -0.3 is 10.5 Å². The molecule has 0 aliphatic carbocycles. The van der Waals surface area contributed by atoms with Crippen LogP contribution < -0.4 is 10.5 Å². The molecule has 0 saturated heterocycles. The first kappa shape index (κ1) is 16.3. The number of rotatable bonds is 5. The van der Waals surface area contributed by atoms with E-state index in [9.17, 15) is 4.39 Å². The topological polar surface area (TPSA) is 35.2 Å². The quantitative estimate of drug-likeness (QED) is 0.771. The molecule has 2 aromatic rings. The third-order valence-electron chi connectivity index (χ3n) is 3.13. The lowest BCUT2D eigenvalue weighted by Crippen LogP contribution is -2.21. The van der Waals surface area contributed by atoms with Gasteiger partial charge in [-0.05, 0) is 64.7 Å². The first-order chi connectivity index (χ1) is 9.99. The average molecular weight is 373 g/mol. The van der Waals surface area contributed by atoms with Gasteiger partial charge in [-0.15, -0.1) is 0 Å². The summed E-state index contributed by atoms with van der Waals surface area (Å²) < 4.78 is 19.5. The smallest absolute Gasteiger partial charge is 0.146 e. The lowest BCUT2D eigenvalue weighted by molar-refractivity contribution is 0.477. The van der Waals surface area contributed by atoms with Crippen molar-refractivity contribution in [3.8, 4) is 11.5 Å². The van der Waals surface area contributed by atoms with E-state index in [0.29, 0.717) is 11.5 Å². The number of ether oxygens (including phenoxy) is 1. The Morgan fingerprint density at radius 3 is 2.57 bits per heavy atom. The van der Waals surface area contributed by atoms with Crippen molar-refractivity contribution in [3.63, 3.8) is 0 Å². The maximum Gasteiger partial charge on any atom is 0.146 e. The predicted octanol–water partition coefficient (Wildman–Crippen LogP) is 5.31. The van der Waals surface area contributed by atoms with Crippen LogP contribution in [0.25, 0.3) is 0 Å². The highest BCUT2D eigenvalue weighted by molar-refractivity contribution is 9.10. The van der Waals surface area contributed by atoms with E-state index in [1.165, 1.54) is 18.2 Å². The molecule has 0 radical (unpaired) electrons. The van der Waals surface area contributed by atoms with E-state index in [1.807, 2.05) is 18.2 Å². The summed E-state index contributed by atoms with van der Waals surface area (Å²) in [5.41, 5.74) is 7.08. The van der Waals surface area contributed by atoms with Crippen LogP contribution in [-0.2, 0) is 6.42 Å². The Morgan fingerprint density at radius 2 is 1.95 bits per heavy atom. The summed E-state index contributed by atoms with van der Waals surface area (Å²) in [6.45, 7) is 2.06. The minimum atomic E-state index is -0.393. The molecule has 2 N–H and O–H groups in total. The van der Waals surface area contributed by atoms with Crippen LogP contribution in [-0.4, -0.2) is 6.04 Å². The summed E-state index contributed by atoms with van der Waals surface area (Å²) in [6.07, 6.45) is 1.74. The van der Waals surface area contributed by atoms with Crippen LogP contribution >= 0.6 is 27.5 Å². The number of halogens is 3. The average Bonchev–Trinajstić information content (AvgIpc) is 2.44. The molecule has 112 valence electrons. The predicted molar refractivity (Wildman–Crippen MR) is 87.6 cm³/mol. The molecule has 0 spiro atoms. The molecular weight excluding hydrogens is 357 g/mol. The Balaban J connectivity index is 2.17. The van der Waals surface area contributed by atoms with Crippen molar-refractivity contribution in [1.29, 1.82) is 0 Å². The van der Waals surface area contributed by atoms with Crippen LogP contribution in [0.2, 0.25) is 5.02 Å². The van der Waals surface area contributed by atoms with Crippen molar-refractivity contribution in [2.75, 3.05) is 0 Å². The van der Waals surface area contributed by atoms with Crippen LogP contribution in [0, 0.1) is 5.82 Å². The number of nitrogens with two attached hydrogens (primary N) is 1. The standard InChI is InChI=1S/C16H16BrClFNO/c1-2-12(20)7-10-3-5-15(13(17)8-10)21-16-6-4-11(19)9-14(16)18/h3-6,8-9,12H,2,7,20H2,1H3. The van der Waals surface area contributed by atoms with E-state index < -0.39 is 5.82 Å². The Bertz CT molecular complexity index is 636. The lowest BCUT2D eigenvalue weighted by Gasteiger charge is -2.12. The van der Waals surface area contributed by atoms with Crippen molar-refractivity contribution >= 4 is 27.5 Å². The molecule has 0 aromatic heterocycles.